The number of thioether (sulfide) groups is 1. The first-order valence-electron chi connectivity index (χ1n) is 9.94. The van der Waals surface area contributed by atoms with E-state index in [1.165, 1.54) is 23.9 Å². The minimum atomic E-state index is -1.53. The molecule has 33 heavy (non-hydrogen) atoms. The molecule has 0 saturated carbocycles. The Labute approximate surface area is 194 Å². The smallest absolute Gasteiger partial charge is 0.326 e. The first kappa shape index (κ1) is 27.7. The Kier molecular flexibility index (Phi) is 11.7. The van der Waals surface area contributed by atoms with E-state index in [2.05, 4.69) is 16.0 Å². The van der Waals surface area contributed by atoms with E-state index in [1.807, 2.05) is 0 Å². The second-order valence-corrected chi connectivity index (χ2v) is 8.15. The lowest BCUT2D eigenvalue weighted by Crippen LogP contribution is -2.54. The monoisotopic (exact) mass is 483 g/mol. The molecule has 13 heteroatoms. The van der Waals surface area contributed by atoms with E-state index in [0.717, 1.165) is 5.56 Å². The van der Waals surface area contributed by atoms with Crippen molar-refractivity contribution >= 4 is 41.4 Å². The number of amides is 4. The van der Waals surface area contributed by atoms with Gasteiger partial charge in [0.05, 0.1) is 19.0 Å². The minimum absolute atomic E-state index is 0.0813. The summed E-state index contributed by atoms with van der Waals surface area (Å²) >= 11 is 1.41. The van der Waals surface area contributed by atoms with Gasteiger partial charge in [-0.15, -0.1) is 0 Å². The number of nitrogens with two attached hydrogens (primary N) is 2. The van der Waals surface area contributed by atoms with E-state index in [1.54, 1.807) is 18.4 Å². The highest BCUT2D eigenvalue weighted by Crippen LogP contribution is 2.10. The predicted molar refractivity (Wildman–Crippen MR) is 121 cm³/mol. The van der Waals surface area contributed by atoms with Crippen LogP contribution in [0.5, 0.6) is 5.75 Å². The van der Waals surface area contributed by atoms with E-state index in [-0.39, 0.29) is 18.6 Å². The summed E-state index contributed by atoms with van der Waals surface area (Å²) in [6, 6.07) is 2.61. The minimum Gasteiger partial charge on any atom is -0.508 e. The lowest BCUT2D eigenvalue weighted by molar-refractivity contribution is -0.143. The van der Waals surface area contributed by atoms with Gasteiger partial charge in [-0.25, -0.2) is 4.79 Å². The van der Waals surface area contributed by atoms with E-state index in [4.69, 9.17) is 16.6 Å². The molecular weight excluding hydrogens is 454 g/mol. The average Bonchev–Trinajstić information content (AvgIpc) is 2.75. The molecule has 0 spiro atoms. The van der Waals surface area contributed by atoms with Gasteiger partial charge in [-0.3, -0.25) is 19.2 Å². The summed E-state index contributed by atoms with van der Waals surface area (Å²) in [7, 11) is 0. The number of aromatic hydroxyl groups is 1. The highest BCUT2D eigenvalue weighted by atomic mass is 32.2. The van der Waals surface area contributed by atoms with Crippen LogP contribution in [0.25, 0.3) is 0 Å². The molecule has 0 aromatic heterocycles. The van der Waals surface area contributed by atoms with Crippen LogP contribution in [-0.4, -0.2) is 76.5 Å². The first-order valence-corrected chi connectivity index (χ1v) is 11.3. The maximum Gasteiger partial charge on any atom is 0.326 e. The van der Waals surface area contributed by atoms with Crippen LogP contribution < -0.4 is 27.4 Å². The molecule has 3 unspecified atom stereocenters. The largest absolute Gasteiger partial charge is 0.508 e. The van der Waals surface area contributed by atoms with Crippen molar-refractivity contribution in [3.63, 3.8) is 0 Å². The third-order valence-electron chi connectivity index (χ3n) is 4.43. The normalized spacial score (nSPS) is 13.3. The third-order valence-corrected chi connectivity index (χ3v) is 5.08. The van der Waals surface area contributed by atoms with Crippen LogP contribution in [0.2, 0.25) is 0 Å². The number of aliphatic carboxylic acids is 1. The zero-order valence-corrected chi connectivity index (χ0v) is 18.9. The Morgan fingerprint density at radius 2 is 1.67 bits per heavy atom. The van der Waals surface area contributed by atoms with Crippen LogP contribution in [0.15, 0.2) is 24.3 Å². The zero-order valence-electron chi connectivity index (χ0n) is 18.1. The summed E-state index contributed by atoms with van der Waals surface area (Å²) in [4.78, 5) is 59.2. The van der Waals surface area contributed by atoms with Crippen molar-refractivity contribution in [3.05, 3.63) is 29.8 Å². The number of nitrogens with one attached hydrogen (secondary N) is 3. The second kappa shape index (κ2) is 14.0. The van der Waals surface area contributed by atoms with Gasteiger partial charge in [0.2, 0.25) is 23.6 Å². The molecule has 1 aromatic carbocycles. The topological polar surface area (TPSA) is 214 Å². The Morgan fingerprint density at radius 3 is 2.21 bits per heavy atom. The van der Waals surface area contributed by atoms with Gasteiger partial charge in [0, 0.05) is 0 Å². The number of hydrogen-bond donors (Lipinski definition) is 7. The number of benzene rings is 1. The predicted octanol–water partition coefficient (Wildman–Crippen LogP) is -1.94. The van der Waals surface area contributed by atoms with Gasteiger partial charge in [-0.1, -0.05) is 12.1 Å². The van der Waals surface area contributed by atoms with Gasteiger partial charge in [0.1, 0.15) is 17.8 Å². The van der Waals surface area contributed by atoms with E-state index >= 15 is 0 Å². The van der Waals surface area contributed by atoms with Gasteiger partial charge in [0.25, 0.3) is 0 Å². The molecule has 1 aromatic rings. The van der Waals surface area contributed by atoms with Crippen molar-refractivity contribution in [2.45, 2.75) is 37.4 Å². The van der Waals surface area contributed by atoms with Gasteiger partial charge >= 0.3 is 5.97 Å². The molecule has 3 atom stereocenters. The molecule has 0 aliphatic rings. The highest BCUT2D eigenvalue weighted by molar-refractivity contribution is 7.98. The Balaban J connectivity index is 2.63. The number of hydrogen-bond acceptors (Lipinski definition) is 8. The fourth-order valence-electron chi connectivity index (χ4n) is 2.70. The van der Waals surface area contributed by atoms with Crippen molar-refractivity contribution in [2.24, 2.45) is 11.5 Å². The first-order chi connectivity index (χ1) is 15.5. The van der Waals surface area contributed by atoms with Gasteiger partial charge in [-0.2, -0.15) is 11.8 Å². The molecular formula is C20H29N5O7S. The molecule has 0 aliphatic carbocycles. The molecule has 12 nitrogen and oxygen atoms in total. The molecule has 0 fully saturated rings. The Hall–Kier alpha value is -3.32. The third kappa shape index (κ3) is 10.7. The van der Waals surface area contributed by atoms with Crippen molar-refractivity contribution in [1.29, 1.82) is 0 Å². The average molecular weight is 484 g/mol. The number of carbonyl (C=O) groups is 5. The number of carbonyl (C=O) groups excluding carboxylic acids is 4. The van der Waals surface area contributed by atoms with Gasteiger partial charge < -0.3 is 37.6 Å². The van der Waals surface area contributed by atoms with Crippen molar-refractivity contribution in [3.8, 4) is 5.75 Å². The number of carboxylic acids is 1. The highest BCUT2D eigenvalue weighted by Gasteiger charge is 2.27. The number of phenols is 1. The molecule has 0 saturated heterocycles. The standard InChI is InChI=1S/C20H29N5O7S/c1-33-7-6-14(19(30)25-15(20(31)32)9-16(22)27)24-17(28)10-23-18(29)13(21)8-11-2-4-12(26)5-3-11/h2-5,13-15,26H,6-10,21H2,1H3,(H2,22,27)(H,23,29)(H,24,28)(H,25,30)(H,31,32). The van der Waals surface area contributed by atoms with Crippen LogP contribution in [0.4, 0.5) is 0 Å². The summed E-state index contributed by atoms with van der Waals surface area (Å²) in [6.45, 7) is -0.450. The number of phenolic OH excluding ortho intramolecular Hbond substituents is 1. The fraction of sp³-hybridized carbons (Fsp3) is 0.450. The Bertz CT molecular complexity index is 850. The van der Waals surface area contributed by atoms with Crippen LogP contribution in [0, 0.1) is 0 Å². The molecule has 4 amide bonds. The quantitative estimate of drug-likeness (QED) is 0.156. The molecule has 0 aliphatic heterocycles. The van der Waals surface area contributed by atoms with E-state index in [0.29, 0.717) is 5.75 Å². The van der Waals surface area contributed by atoms with Crippen molar-refractivity contribution in [2.75, 3.05) is 18.6 Å². The van der Waals surface area contributed by atoms with E-state index < -0.39 is 60.7 Å². The van der Waals surface area contributed by atoms with Crippen LogP contribution in [-0.2, 0) is 30.4 Å². The van der Waals surface area contributed by atoms with Crippen LogP contribution >= 0.6 is 11.8 Å². The Morgan fingerprint density at radius 1 is 1.03 bits per heavy atom. The fourth-order valence-corrected chi connectivity index (χ4v) is 3.17. The summed E-state index contributed by atoms with van der Waals surface area (Å²) in [6.07, 6.45) is 1.57. The summed E-state index contributed by atoms with van der Waals surface area (Å²) in [5.74, 6) is -3.83. The van der Waals surface area contributed by atoms with Crippen LogP contribution in [0.1, 0.15) is 18.4 Å². The van der Waals surface area contributed by atoms with Gasteiger partial charge in [-0.05, 0) is 42.5 Å². The molecule has 0 bridgehead atoms. The molecule has 1 rings (SSSR count). The van der Waals surface area contributed by atoms with Crippen LogP contribution in [0.3, 0.4) is 0 Å². The molecule has 9 N–H and O–H groups in total. The van der Waals surface area contributed by atoms with Gasteiger partial charge in [0.15, 0.2) is 0 Å². The summed E-state index contributed by atoms with van der Waals surface area (Å²) in [5.41, 5.74) is 11.6. The summed E-state index contributed by atoms with van der Waals surface area (Å²) < 4.78 is 0. The number of rotatable bonds is 14. The zero-order chi connectivity index (χ0) is 25.0. The molecule has 0 radical (unpaired) electrons. The lowest BCUT2D eigenvalue weighted by Gasteiger charge is -2.21. The van der Waals surface area contributed by atoms with Crippen molar-refractivity contribution in [1.82, 2.24) is 16.0 Å². The number of carboxylic acid groups (broad SMARTS) is 1. The SMILES string of the molecule is CSCCC(NC(=O)CNC(=O)C(N)Cc1ccc(O)cc1)C(=O)NC(CC(N)=O)C(=O)O. The maximum absolute atomic E-state index is 12.5. The van der Waals surface area contributed by atoms with Crippen molar-refractivity contribution < 1.29 is 34.2 Å². The second-order valence-electron chi connectivity index (χ2n) is 7.17. The molecule has 182 valence electrons. The molecule has 0 heterocycles. The lowest BCUT2D eigenvalue weighted by atomic mass is 10.1. The summed E-state index contributed by atoms with van der Waals surface area (Å²) in [5, 5.41) is 25.4. The number of primary amides is 1. The maximum atomic E-state index is 12.5. The van der Waals surface area contributed by atoms with E-state index in [9.17, 15) is 29.1 Å².